The molecule has 0 radical (unpaired) electrons. The van der Waals surface area contributed by atoms with Crippen LogP contribution in [0.15, 0.2) is 76.1 Å². The molecule has 0 amide bonds. The number of pyridine rings is 2. The van der Waals surface area contributed by atoms with Crippen molar-refractivity contribution in [2.75, 3.05) is 0 Å². The Morgan fingerprint density at radius 3 is 2.60 bits per heavy atom. The third-order valence-electron chi connectivity index (χ3n) is 5.00. The molecule has 3 nitrogen and oxygen atoms in total. The van der Waals surface area contributed by atoms with Crippen molar-refractivity contribution in [2.45, 2.75) is 18.4 Å². The van der Waals surface area contributed by atoms with Gasteiger partial charge in [0.05, 0.1) is 10.1 Å². The van der Waals surface area contributed by atoms with Crippen LogP contribution in [0.25, 0.3) is 21.7 Å². The number of para-hydroxylation sites is 1. The van der Waals surface area contributed by atoms with Crippen LogP contribution >= 0.6 is 15.9 Å². The Bertz CT molecular complexity index is 1180. The third kappa shape index (κ3) is 2.40. The monoisotopic (exact) mass is 390 g/mol. The number of hydrogen-bond donors (Lipinski definition) is 0. The lowest BCUT2D eigenvalue weighted by atomic mass is 10.1. The average Bonchev–Trinajstić information content (AvgIpc) is 3.42. The van der Waals surface area contributed by atoms with Gasteiger partial charge in [-0.25, -0.2) is 0 Å². The molecule has 122 valence electrons. The van der Waals surface area contributed by atoms with Gasteiger partial charge in [0.1, 0.15) is 0 Å². The first kappa shape index (κ1) is 14.8. The van der Waals surface area contributed by atoms with E-state index in [-0.39, 0.29) is 11.6 Å². The molecule has 0 spiro atoms. The Morgan fingerprint density at radius 2 is 1.72 bits per heavy atom. The minimum Gasteiger partial charge on any atom is -0.298 e. The third-order valence-corrected chi connectivity index (χ3v) is 5.61. The molecule has 4 heteroatoms. The van der Waals surface area contributed by atoms with Crippen LogP contribution in [0.3, 0.4) is 0 Å². The second-order valence-corrected chi connectivity index (χ2v) is 7.38. The van der Waals surface area contributed by atoms with Crippen LogP contribution in [0.2, 0.25) is 0 Å². The fourth-order valence-corrected chi connectivity index (χ4v) is 4.30. The first-order chi connectivity index (χ1) is 12.2. The molecule has 2 aromatic heterocycles. The topological polar surface area (TPSA) is 34.9 Å². The molecule has 1 saturated carbocycles. The summed E-state index contributed by atoms with van der Waals surface area (Å²) in [6.07, 6.45) is 0.947. The van der Waals surface area contributed by atoms with E-state index in [0.29, 0.717) is 5.92 Å². The van der Waals surface area contributed by atoms with Crippen molar-refractivity contribution >= 4 is 37.6 Å². The van der Waals surface area contributed by atoms with Gasteiger partial charge in [-0.15, -0.1) is 0 Å². The lowest BCUT2D eigenvalue weighted by Crippen LogP contribution is -2.20. The predicted octanol–water partition coefficient (Wildman–Crippen LogP) is 5.04. The van der Waals surface area contributed by atoms with Crippen LogP contribution in [0.4, 0.5) is 0 Å². The molecule has 1 aliphatic rings. The van der Waals surface area contributed by atoms with E-state index in [1.54, 1.807) is 0 Å². The zero-order chi connectivity index (χ0) is 17.0. The van der Waals surface area contributed by atoms with Gasteiger partial charge >= 0.3 is 0 Å². The summed E-state index contributed by atoms with van der Waals surface area (Å²) in [4.78, 5) is 17.7. The number of halogens is 1. The Balaban J connectivity index is 1.57. The number of rotatable bonds is 2. The quantitative estimate of drug-likeness (QED) is 0.449. The van der Waals surface area contributed by atoms with E-state index in [0.717, 1.165) is 38.4 Å². The number of nitrogens with zero attached hydrogens (tertiary/aromatic N) is 2. The Morgan fingerprint density at radius 1 is 0.960 bits per heavy atom. The maximum atomic E-state index is 12.9. The van der Waals surface area contributed by atoms with Gasteiger partial charge in [-0.3, -0.25) is 14.3 Å². The highest BCUT2D eigenvalue weighted by Gasteiger charge is 2.42. The molecule has 0 bridgehead atoms. The molecular weight excluding hydrogens is 376 g/mol. The number of fused-ring (bicyclic) bond motifs is 2. The first-order valence-corrected chi connectivity index (χ1v) is 9.17. The average molecular weight is 391 g/mol. The summed E-state index contributed by atoms with van der Waals surface area (Å²) in [6.45, 7) is 0. The summed E-state index contributed by atoms with van der Waals surface area (Å²) in [6, 6.07) is 22.3. The molecule has 0 aliphatic heterocycles. The second kappa shape index (κ2) is 5.53. The van der Waals surface area contributed by atoms with Crippen molar-refractivity contribution < 1.29 is 0 Å². The number of benzene rings is 2. The van der Waals surface area contributed by atoms with E-state index in [1.165, 1.54) is 0 Å². The Labute approximate surface area is 153 Å². The van der Waals surface area contributed by atoms with Crippen molar-refractivity contribution in [1.29, 1.82) is 0 Å². The molecule has 0 saturated heterocycles. The molecule has 2 atom stereocenters. The molecule has 5 rings (SSSR count). The number of hydrogen-bond acceptors (Lipinski definition) is 2. The molecule has 4 aromatic rings. The van der Waals surface area contributed by atoms with Crippen LogP contribution in [0.1, 0.15) is 24.1 Å². The minimum absolute atomic E-state index is 0.0678. The first-order valence-electron chi connectivity index (χ1n) is 8.38. The van der Waals surface area contributed by atoms with Crippen molar-refractivity contribution in [3.05, 3.63) is 87.4 Å². The van der Waals surface area contributed by atoms with E-state index in [9.17, 15) is 4.79 Å². The summed E-state index contributed by atoms with van der Waals surface area (Å²) in [5, 5.41) is 2.88. The van der Waals surface area contributed by atoms with Crippen LogP contribution in [-0.4, -0.2) is 9.55 Å². The van der Waals surface area contributed by atoms with Crippen LogP contribution in [0.5, 0.6) is 0 Å². The molecule has 2 aromatic carbocycles. The van der Waals surface area contributed by atoms with Gasteiger partial charge in [0.15, 0.2) is 0 Å². The second-order valence-electron chi connectivity index (χ2n) is 6.57. The summed E-state index contributed by atoms with van der Waals surface area (Å²) in [7, 11) is 0. The van der Waals surface area contributed by atoms with Gasteiger partial charge in [-0.05, 0) is 52.0 Å². The van der Waals surface area contributed by atoms with E-state index in [4.69, 9.17) is 4.98 Å². The maximum Gasteiger partial charge on any atom is 0.259 e. The summed E-state index contributed by atoms with van der Waals surface area (Å²) in [5.41, 5.74) is 2.14. The van der Waals surface area contributed by atoms with E-state index in [1.807, 2.05) is 53.1 Å². The van der Waals surface area contributed by atoms with Crippen LogP contribution in [0, 0.1) is 0 Å². The predicted molar refractivity (Wildman–Crippen MR) is 104 cm³/mol. The summed E-state index contributed by atoms with van der Waals surface area (Å²) < 4.78 is 2.72. The minimum atomic E-state index is 0.0678. The molecule has 2 unspecified atom stereocenters. The van der Waals surface area contributed by atoms with Gasteiger partial charge < -0.3 is 0 Å². The number of aromatic nitrogens is 2. The lowest BCUT2D eigenvalue weighted by Gasteiger charge is -2.10. The fraction of sp³-hybridized carbons (Fsp3) is 0.143. The molecule has 1 aliphatic carbocycles. The van der Waals surface area contributed by atoms with Gasteiger partial charge in [0.25, 0.3) is 5.56 Å². The van der Waals surface area contributed by atoms with Crippen LogP contribution < -0.4 is 5.56 Å². The fourth-order valence-electron chi connectivity index (χ4n) is 3.62. The molecule has 2 heterocycles. The van der Waals surface area contributed by atoms with Crippen molar-refractivity contribution in [1.82, 2.24) is 9.55 Å². The van der Waals surface area contributed by atoms with Gasteiger partial charge in [0.2, 0.25) is 0 Å². The normalized spacial score (nSPS) is 19.4. The molecular formula is C21H15BrN2O. The van der Waals surface area contributed by atoms with Crippen LogP contribution in [-0.2, 0) is 0 Å². The van der Waals surface area contributed by atoms with Gasteiger partial charge in [0, 0.05) is 28.4 Å². The lowest BCUT2D eigenvalue weighted by molar-refractivity contribution is 0.673. The zero-order valence-electron chi connectivity index (χ0n) is 13.4. The van der Waals surface area contributed by atoms with Crippen molar-refractivity contribution in [3.63, 3.8) is 0 Å². The Hall–Kier alpha value is -2.46. The van der Waals surface area contributed by atoms with Gasteiger partial charge in [-0.2, -0.15) is 0 Å². The van der Waals surface area contributed by atoms with Crippen molar-refractivity contribution in [3.8, 4) is 0 Å². The Kier molecular flexibility index (Phi) is 3.28. The smallest absolute Gasteiger partial charge is 0.259 e. The van der Waals surface area contributed by atoms with E-state index in [2.05, 4.69) is 34.1 Å². The molecule has 25 heavy (non-hydrogen) atoms. The highest BCUT2D eigenvalue weighted by Crippen LogP contribution is 2.51. The largest absolute Gasteiger partial charge is 0.298 e. The van der Waals surface area contributed by atoms with E-state index >= 15 is 0 Å². The highest BCUT2D eigenvalue weighted by atomic mass is 79.9. The SMILES string of the molecule is O=c1c2ccccc2cc(Br)n1C1CC1c1ccc2ccccc2n1. The summed E-state index contributed by atoms with van der Waals surface area (Å²) in [5.74, 6) is 0.291. The standard InChI is InChI=1S/C21H15BrN2O/c22-20-11-14-6-1-3-7-15(14)21(25)24(20)19-12-16(19)18-10-9-13-5-2-4-8-17(13)23-18/h1-11,16,19H,12H2. The molecule has 1 fully saturated rings. The summed E-state index contributed by atoms with van der Waals surface area (Å²) >= 11 is 3.59. The maximum absolute atomic E-state index is 12.9. The van der Waals surface area contributed by atoms with Gasteiger partial charge in [-0.1, -0.05) is 42.5 Å². The zero-order valence-corrected chi connectivity index (χ0v) is 15.0. The highest BCUT2D eigenvalue weighted by molar-refractivity contribution is 9.10. The van der Waals surface area contributed by atoms with E-state index < -0.39 is 0 Å². The molecule has 0 N–H and O–H groups in total. The van der Waals surface area contributed by atoms with Crippen molar-refractivity contribution in [2.24, 2.45) is 0 Å².